The third kappa shape index (κ3) is 2.82. The molecule has 0 N–H and O–H groups in total. The lowest BCUT2D eigenvalue weighted by atomic mass is 9.94. The van der Waals surface area contributed by atoms with E-state index in [4.69, 9.17) is 0 Å². The SMILES string of the molecule is CCN(CC)C(=O)C12CCC(=O)N1c1ccccc1C(=O)N2Cc1ccccc1. The summed E-state index contributed by atoms with van der Waals surface area (Å²) in [5.41, 5.74) is 0.599. The van der Waals surface area contributed by atoms with Crippen molar-refractivity contribution >= 4 is 23.4 Å². The van der Waals surface area contributed by atoms with E-state index in [1.165, 1.54) is 0 Å². The summed E-state index contributed by atoms with van der Waals surface area (Å²) in [5, 5.41) is 0. The van der Waals surface area contributed by atoms with E-state index in [0.717, 1.165) is 5.56 Å². The van der Waals surface area contributed by atoms with E-state index >= 15 is 0 Å². The van der Waals surface area contributed by atoms with Crippen LogP contribution in [-0.2, 0) is 16.1 Å². The van der Waals surface area contributed by atoms with Gasteiger partial charge in [-0.2, -0.15) is 0 Å². The third-order valence-corrected chi connectivity index (χ3v) is 5.95. The Labute approximate surface area is 170 Å². The number of amides is 3. The maximum atomic E-state index is 13.8. The monoisotopic (exact) mass is 391 g/mol. The van der Waals surface area contributed by atoms with Gasteiger partial charge in [0.2, 0.25) is 11.6 Å². The summed E-state index contributed by atoms with van der Waals surface area (Å²) >= 11 is 0. The van der Waals surface area contributed by atoms with Gasteiger partial charge in [0.25, 0.3) is 11.8 Å². The van der Waals surface area contributed by atoms with Crippen molar-refractivity contribution < 1.29 is 14.4 Å². The fraction of sp³-hybridized carbons (Fsp3) is 0.348. The molecule has 0 spiro atoms. The van der Waals surface area contributed by atoms with E-state index in [-0.39, 0.29) is 30.7 Å². The number of hydrogen-bond donors (Lipinski definition) is 0. The fourth-order valence-electron chi connectivity index (χ4n) is 4.51. The molecule has 1 saturated heterocycles. The normalized spacial score (nSPS) is 20.5. The van der Waals surface area contributed by atoms with Crippen LogP contribution in [0.25, 0.3) is 0 Å². The molecule has 3 amide bonds. The molecule has 0 bridgehead atoms. The van der Waals surface area contributed by atoms with Gasteiger partial charge in [-0.05, 0) is 31.5 Å². The van der Waals surface area contributed by atoms with Gasteiger partial charge in [0.1, 0.15) is 0 Å². The summed E-state index contributed by atoms with van der Waals surface area (Å²) < 4.78 is 0. The first kappa shape index (κ1) is 19.2. The number of anilines is 1. The molecule has 2 aromatic carbocycles. The zero-order valence-electron chi connectivity index (χ0n) is 16.8. The van der Waals surface area contributed by atoms with Gasteiger partial charge in [-0.15, -0.1) is 0 Å². The van der Waals surface area contributed by atoms with E-state index in [1.807, 2.05) is 44.2 Å². The van der Waals surface area contributed by atoms with E-state index in [2.05, 4.69) is 0 Å². The van der Waals surface area contributed by atoms with Gasteiger partial charge in [-0.25, -0.2) is 0 Å². The van der Waals surface area contributed by atoms with Crippen molar-refractivity contribution in [3.8, 4) is 0 Å². The molecule has 1 unspecified atom stereocenters. The van der Waals surface area contributed by atoms with Crippen molar-refractivity contribution in [2.75, 3.05) is 18.0 Å². The van der Waals surface area contributed by atoms with Crippen LogP contribution in [0.2, 0.25) is 0 Å². The van der Waals surface area contributed by atoms with Gasteiger partial charge in [0, 0.05) is 32.5 Å². The number of hydrogen-bond acceptors (Lipinski definition) is 3. The Morgan fingerprint density at radius 2 is 1.66 bits per heavy atom. The molecule has 150 valence electrons. The van der Waals surface area contributed by atoms with Crippen molar-refractivity contribution in [2.24, 2.45) is 0 Å². The van der Waals surface area contributed by atoms with Crippen LogP contribution in [0.4, 0.5) is 5.69 Å². The summed E-state index contributed by atoms with van der Waals surface area (Å²) in [6, 6.07) is 16.7. The molecule has 0 saturated carbocycles. The molecular weight excluding hydrogens is 366 g/mol. The lowest BCUT2D eigenvalue weighted by Gasteiger charge is -2.50. The van der Waals surface area contributed by atoms with Gasteiger partial charge in [0.15, 0.2) is 0 Å². The molecule has 1 atom stereocenters. The summed E-state index contributed by atoms with van der Waals surface area (Å²) in [4.78, 5) is 45.3. The van der Waals surface area contributed by atoms with Crippen LogP contribution < -0.4 is 4.90 Å². The van der Waals surface area contributed by atoms with Crippen molar-refractivity contribution in [1.82, 2.24) is 9.80 Å². The molecule has 2 heterocycles. The van der Waals surface area contributed by atoms with Crippen molar-refractivity contribution in [2.45, 2.75) is 38.9 Å². The van der Waals surface area contributed by atoms with Crippen LogP contribution in [-0.4, -0.2) is 46.3 Å². The van der Waals surface area contributed by atoms with Gasteiger partial charge in [-0.1, -0.05) is 42.5 Å². The van der Waals surface area contributed by atoms with Crippen molar-refractivity contribution in [3.63, 3.8) is 0 Å². The smallest absolute Gasteiger partial charge is 0.270 e. The summed E-state index contributed by atoms with van der Waals surface area (Å²) in [6.07, 6.45) is 0.536. The third-order valence-electron chi connectivity index (χ3n) is 5.95. The second-order valence-corrected chi connectivity index (χ2v) is 7.42. The number of carbonyl (C=O) groups excluding carboxylic acids is 3. The number of likely N-dealkylation sites (N-methyl/N-ethyl adjacent to an activating group) is 1. The van der Waals surface area contributed by atoms with Crippen LogP contribution in [0.5, 0.6) is 0 Å². The Morgan fingerprint density at radius 1 is 1.00 bits per heavy atom. The van der Waals surface area contributed by atoms with E-state index in [0.29, 0.717) is 30.8 Å². The van der Waals surface area contributed by atoms with Crippen molar-refractivity contribution in [1.29, 1.82) is 0 Å². The van der Waals surface area contributed by atoms with E-state index in [9.17, 15) is 14.4 Å². The molecule has 6 heteroatoms. The number of para-hydroxylation sites is 1. The highest BCUT2D eigenvalue weighted by atomic mass is 16.2. The predicted molar refractivity (Wildman–Crippen MR) is 110 cm³/mol. The highest BCUT2D eigenvalue weighted by Gasteiger charge is 2.61. The Kier molecular flexibility index (Phi) is 4.86. The minimum absolute atomic E-state index is 0.122. The maximum Gasteiger partial charge on any atom is 0.270 e. The number of rotatable bonds is 5. The quantitative estimate of drug-likeness (QED) is 0.787. The first-order chi connectivity index (χ1) is 14.0. The van der Waals surface area contributed by atoms with Gasteiger partial charge >= 0.3 is 0 Å². The second kappa shape index (κ2) is 7.35. The molecule has 29 heavy (non-hydrogen) atoms. The molecule has 2 aliphatic heterocycles. The van der Waals surface area contributed by atoms with Crippen LogP contribution in [0.1, 0.15) is 42.6 Å². The molecular formula is C23H25N3O3. The van der Waals surface area contributed by atoms with E-state index < -0.39 is 5.66 Å². The first-order valence-electron chi connectivity index (χ1n) is 10.1. The van der Waals surface area contributed by atoms with E-state index in [1.54, 1.807) is 39.0 Å². The topological polar surface area (TPSA) is 60.9 Å². The second-order valence-electron chi connectivity index (χ2n) is 7.42. The summed E-state index contributed by atoms with van der Waals surface area (Å²) in [6.45, 7) is 5.14. The average molecular weight is 391 g/mol. The Morgan fingerprint density at radius 3 is 2.34 bits per heavy atom. The zero-order valence-corrected chi connectivity index (χ0v) is 16.8. The number of fused-ring (bicyclic) bond motifs is 3. The number of benzene rings is 2. The standard InChI is InChI=1S/C23H25N3O3/c1-3-24(4-2)22(29)23-15-14-20(27)26(23)19-13-9-8-12-18(19)21(28)25(23)16-17-10-6-5-7-11-17/h5-13H,3-4,14-16H2,1-2H3. The average Bonchev–Trinajstić information content (AvgIpc) is 3.11. The molecule has 6 nitrogen and oxygen atoms in total. The Balaban J connectivity index is 1.92. The molecule has 2 aromatic rings. The van der Waals surface area contributed by atoms with Crippen LogP contribution in [0, 0.1) is 0 Å². The molecule has 0 radical (unpaired) electrons. The molecule has 0 aromatic heterocycles. The molecule has 0 aliphatic carbocycles. The lowest BCUT2D eigenvalue weighted by Crippen LogP contribution is -2.70. The molecule has 2 aliphatic rings. The Hall–Kier alpha value is -3.15. The van der Waals surface area contributed by atoms with Crippen molar-refractivity contribution in [3.05, 3.63) is 65.7 Å². The lowest BCUT2D eigenvalue weighted by molar-refractivity contribution is -0.144. The van der Waals surface area contributed by atoms with Gasteiger partial charge in [0.05, 0.1) is 11.3 Å². The van der Waals surface area contributed by atoms with Crippen LogP contribution >= 0.6 is 0 Å². The largest absolute Gasteiger partial charge is 0.340 e. The first-order valence-corrected chi connectivity index (χ1v) is 10.1. The number of nitrogens with zero attached hydrogens (tertiary/aromatic N) is 3. The minimum Gasteiger partial charge on any atom is -0.340 e. The summed E-state index contributed by atoms with van der Waals surface area (Å²) in [5.74, 6) is -0.522. The minimum atomic E-state index is -1.32. The molecule has 1 fully saturated rings. The maximum absolute atomic E-state index is 13.8. The van der Waals surface area contributed by atoms with Gasteiger partial charge < -0.3 is 9.80 Å². The van der Waals surface area contributed by atoms with Crippen LogP contribution in [0.3, 0.4) is 0 Å². The zero-order chi connectivity index (χ0) is 20.6. The highest BCUT2D eigenvalue weighted by molar-refractivity contribution is 6.16. The number of carbonyl (C=O) groups is 3. The highest BCUT2D eigenvalue weighted by Crippen LogP contribution is 2.46. The van der Waals surface area contributed by atoms with Crippen LogP contribution in [0.15, 0.2) is 54.6 Å². The summed E-state index contributed by atoms with van der Waals surface area (Å²) in [7, 11) is 0. The molecule has 4 rings (SSSR count). The fourth-order valence-corrected chi connectivity index (χ4v) is 4.51. The van der Waals surface area contributed by atoms with Gasteiger partial charge in [-0.3, -0.25) is 19.3 Å². The predicted octanol–water partition coefficient (Wildman–Crippen LogP) is 3.03. The Bertz CT molecular complexity index is 955.